The van der Waals surface area contributed by atoms with E-state index < -0.39 is 11.9 Å². The van der Waals surface area contributed by atoms with Gasteiger partial charge in [-0.3, -0.25) is 0 Å². The van der Waals surface area contributed by atoms with Crippen molar-refractivity contribution in [1.82, 2.24) is 7.12 Å². The van der Waals surface area contributed by atoms with E-state index in [9.17, 15) is 19.2 Å². The van der Waals surface area contributed by atoms with Crippen LogP contribution in [0.4, 0.5) is 0 Å². The van der Waals surface area contributed by atoms with E-state index in [-0.39, 0.29) is 40.6 Å². The van der Waals surface area contributed by atoms with Crippen LogP contribution in [0.2, 0.25) is 0 Å². The van der Waals surface area contributed by atoms with E-state index >= 15 is 0 Å². The zero-order valence-corrected chi connectivity index (χ0v) is 19.5. The molecule has 0 fully saturated rings. The van der Waals surface area contributed by atoms with Gasteiger partial charge in [0.1, 0.15) is 0 Å². The Labute approximate surface area is 182 Å². The first-order valence-electron chi connectivity index (χ1n) is 8.96. The van der Waals surface area contributed by atoms with Gasteiger partial charge in [-0.25, -0.2) is 0 Å². The predicted molar refractivity (Wildman–Crippen MR) is 113 cm³/mol. The molecule has 2 aromatic heterocycles. The number of benzene rings is 2. The minimum atomic E-state index is -0.436. The van der Waals surface area contributed by atoms with Gasteiger partial charge in [-0.05, 0) is 0 Å². The molecule has 0 unspecified atom stereocenters. The van der Waals surface area contributed by atoms with Crippen molar-refractivity contribution in [1.29, 1.82) is 0 Å². The van der Waals surface area contributed by atoms with E-state index in [1.54, 1.807) is 31.4 Å². The zero-order valence-electron chi connectivity index (χ0n) is 16.0. The molecule has 4 aromatic rings. The molecule has 0 N–H and O–H groups in total. The Bertz CT molecular complexity index is 1300. The summed E-state index contributed by atoms with van der Waals surface area (Å²) in [4.78, 5) is 47.7. The number of nitrogens with zero attached hydrogens (tertiary/aromatic N) is 2. The summed E-state index contributed by atoms with van der Waals surface area (Å²) in [5.74, 6) is -0.170. The van der Waals surface area contributed by atoms with Crippen molar-refractivity contribution in [2.45, 2.75) is 26.9 Å². The number of esters is 2. The fraction of sp³-hybridized carbons (Fsp3) is 0.200. The van der Waals surface area contributed by atoms with Gasteiger partial charge >= 0.3 is 182 Å². The molecular weight excluding hydrogens is 522 g/mol. The number of fused-ring (bicyclic) bond motifs is 2. The Morgan fingerprint density at radius 1 is 0.767 bits per heavy atom. The molecule has 0 radical (unpaired) electrons. The fourth-order valence-corrected chi connectivity index (χ4v) is 7.09. The van der Waals surface area contributed by atoms with Gasteiger partial charge < -0.3 is 0 Å². The molecule has 0 aliphatic carbocycles. The van der Waals surface area contributed by atoms with Crippen molar-refractivity contribution < 1.29 is 19.1 Å². The number of aromatic nitrogens is 2. The summed E-state index contributed by atoms with van der Waals surface area (Å²) in [6, 6.07) is 10.2. The molecule has 0 saturated carbocycles. The molecule has 0 saturated heterocycles. The SMILES string of the molecule is CC(=O)Oc1ccc2[se]n(CCn3[se]c4ccc(OC(C)=O)cc4c3=O)c(=O)c2c1. The zero-order chi connectivity index (χ0) is 21.4. The van der Waals surface area contributed by atoms with Crippen molar-refractivity contribution >= 4 is 60.7 Å². The Kier molecular flexibility index (Phi) is 5.66. The van der Waals surface area contributed by atoms with E-state index in [2.05, 4.69) is 0 Å². The van der Waals surface area contributed by atoms with Gasteiger partial charge in [-0.2, -0.15) is 0 Å². The third kappa shape index (κ3) is 4.13. The van der Waals surface area contributed by atoms with Crippen LogP contribution in [0.25, 0.3) is 19.3 Å². The van der Waals surface area contributed by atoms with Gasteiger partial charge in [-0.15, -0.1) is 0 Å². The van der Waals surface area contributed by atoms with Gasteiger partial charge in [0.2, 0.25) is 0 Å². The van der Waals surface area contributed by atoms with Crippen LogP contribution < -0.4 is 20.6 Å². The average Bonchev–Trinajstić information content (AvgIpc) is 3.16. The number of hydrogen-bond donors (Lipinski definition) is 0. The van der Waals surface area contributed by atoms with E-state index in [1.807, 2.05) is 12.1 Å². The maximum atomic E-state index is 12.7. The Balaban J connectivity index is 1.60. The summed E-state index contributed by atoms with van der Waals surface area (Å²) in [5.41, 5.74) is -0.236. The van der Waals surface area contributed by atoms with Crippen LogP contribution in [-0.2, 0) is 22.7 Å². The minimum absolute atomic E-state index is 0.118. The molecule has 0 aliphatic rings. The van der Waals surface area contributed by atoms with Crippen LogP contribution >= 0.6 is 0 Å². The molecule has 0 atom stereocenters. The first-order chi connectivity index (χ1) is 14.3. The molecule has 0 spiro atoms. The second-order valence-corrected chi connectivity index (χ2v) is 11.0. The standard InChI is InChI=1S/C20H16N2O6Se2/c1-11(23)27-13-3-5-17-15(9-13)19(25)21(29-17)7-8-22-20(26)16-10-14(28-12(2)24)4-6-18(16)30-22/h3-6,9-10H,7-8H2,1-2H3. The normalized spacial score (nSPS) is 11.1. The van der Waals surface area contributed by atoms with E-state index in [4.69, 9.17) is 9.47 Å². The van der Waals surface area contributed by atoms with Crippen molar-refractivity contribution in [2.24, 2.45) is 0 Å². The van der Waals surface area contributed by atoms with Gasteiger partial charge in [0.05, 0.1) is 0 Å². The molecular formula is C20H16N2O6Se2. The van der Waals surface area contributed by atoms with Gasteiger partial charge in [0.25, 0.3) is 0 Å². The summed E-state index contributed by atoms with van der Waals surface area (Å²) >= 11 is -0.376. The number of aryl methyl sites for hydroxylation is 2. The number of carbonyl (C=O) groups excluding carboxylic acids is 2. The van der Waals surface area contributed by atoms with Crippen molar-refractivity contribution in [3.05, 3.63) is 57.1 Å². The van der Waals surface area contributed by atoms with Gasteiger partial charge in [0, 0.05) is 0 Å². The molecule has 4 rings (SSSR count). The van der Waals surface area contributed by atoms with Gasteiger partial charge in [0.15, 0.2) is 0 Å². The molecule has 30 heavy (non-hydrogen) atoms. The fourth-order valence-electron chi connectivity index (χ4n) is 3.04. The first kappa shape index (κ1) is 20.6. The second-order valence-electron chi connectivity index (χ2n) is 6.50. The molecule has 2 aromatic carbocycles. The van der Waals surface area contributed by atoms with E-state index in [0.717, 1.165) is 8.52 Å². The molecule has 10 heteroatoms. The molecule has 0 bridgehead atoms. The van der Waals surface area contributed by atoms with Crippen LogP contribution in [0.3, 0.4) is 0 Å². The number of rotatable bonds is 5. The molecule has 154 valence electrons. The van der Waals surface area contributed by atoms with Gasteiger partial charge in [-0.1, -0.05) is 0 Å². The average molecular weight is 538 g/mol. The van der Waals surface area contributed by atoms with E-state index in [1.165, 1.54) is 13.8 Å². The van der Waals surface area contributed by atoms with E-state index in [0.29, 0.717) is 35.4 Å². The van der Waals surface area contributed by atoms with Crippen molar-refractivity contribution in [3.63, 3.8) is 0 Å². The predicted octanol–water partition coefficient (Wildman–Crippen LogP) is 0.981. The second kappa shape index (κ2) is 8.24. The van der Waals surface area contributed by atoms with Crippen LogP contribution in [0.15, 0.2) is 46.0 Å². The Morgan fingerprint density at radius 2 is 1.17 bits per heavy atom. The molecule has 0 aliphatic heterocycles. The van der Waals surface area contributed by atoms with Crippen LogP contribution in [0, 0.1) is 0 Å². The number of hydrogen-bond acceptors (Lipinski definition) is 6. The topological polar surface area (TPSA) is 96.6 Å². The molecule has 8 nitrogen and oxygen atoms in total. The first-order valence-corrected chi connectivity index (χ1v) is 12.2. The quantitative estimate of drug-likeness (QED) is 0.214. The summed E-state index contributed by atoms with van der Waals surface area (Å²) in [6.45, 7) is 3.48. The Hall–Kier alpha value is -2.64. The maximum absolute atomic E-state index is 12.7. The number of ether oxygens (including phenoxy) is 2. The third-order valence-corrected chi connectivity index (χ3v) is 8.97. The van der Waals surface area contributed by atoms with Crippen molar-refractivity contribution in [2.75, 3.05) is 0 Å². The summed E-state index contributed by atoms with van der Waals surface area (Å²) in [5, 5.41) is 1.09. The molecule has 2 heterocycles. The Morgan fingerprint density at radius 3 is 1.53 bits per heavy atom. The number of carbonyl (C=O) groups is 2. The van der Waals surface area contributed by atoms with Crippen LogP contribution in [0.1, 0.15) is 13.8 Å². The summed E-state index contributed by atoms with van der Waals surface area (Å²) in [6.07, 6.45) is 0. The van der Waals surface area contributed by atoms with Crippen molar-refractivity contribution in [3.8, 4) is 11.5 Å². The monoisotopic (exact) mass is 540 g/mol. The van der Waals surface area contributed by atoms with Crippen LogP contribution in [-0.4, -0.2) is 48.5 Å². The summed E-state index contributed by atoms with van der Waals surface area (Å²) in [7, 11) is 0. The third-order valence-electron chi connectivity index (χ3n) is 4.26. The molecule has 0 amide bonds. The summed E-state index contributed by atoms with van der Waals surface area (Å²) < 4.78 is 15.5. The van der Waals surface area contributed by atoms with Crippen LogP contribution in [0.5, 0.6) is 11.5 Å².